The maximum absolute atomic E-state index is 12.5. The lowest BCUT2D eigenvalue weighted by atomic mass is 10.2. The fourth-order valence-corrected chi connectivity index (χ4v) is 0.958. The Balaban J connectivity index is 2.65. The van der Waals surface area contributed by atoms with Crippen molar-refractivity contribution in [1.29, 1.82) is 0 Å². The molecule has 0 bridgehead atoms. The Morgan fingerprint density at radius 2 is 2.00 bits per heavy atom. The third kappa shape index (κ3) is 3.61. The molecule has 1 aromatic carbocycles. The molecule has 0 unspecified atom stereocenters. The number of halogens is 1. The monoisotopic (exact) mass is 223 g/mol. The number of rotatable bonds is 3. The van der Waals surface area contributed by atoms with Gasteiger partial charge in [-0.3, -0.25) is 4.79 Å². The maximum Gasteiger partial charge on any atom is 0.349 e. The van der Waals surface area contributed by atoms with Gasteiger partial charge in [0.25, 0.3) is 5.91 Å². The summed E-state index contributed by atoms with van der Waals surface area (Å²) in [5.41, 5.74) is 0.210. The quantitative estimate of drug-likeness (QED) is 0.577. The van der Waals surface area contributed by atoms with E-state index in [1.165, 1.54) is 12.1 Å². The summed E-state index contributed by atoms with van der Waals surface area (Å²) in [5, 5.41) is 0. The predicted molar refractivity (Wildman–Crippen MR) is 55.9 cm³/mol. The summed E-state index contributed by atoms with van der Waals surface area (Å²) in [6.45, 7) is 1.86. The maximum atomic E-state index is 12.5. The number of carbonyl (C=O) groups is 2. The molecule has 0 fully saturated rings. The van der Waals surface area contributed by atoms with Gasteiger partial charge in [-0.1, -0.05) is 0 Å². The fraction of sp³-hybridized carbons (Fsp3) is 0.182. The Morgan fingerprint density at radius 3 is 2.56 bits per heavy atom. The van der Waals surface area contributed by atoms with Crippen LogP contribution in [-0.2, 0) is 9.53 Å². The van der Waals surface area contributed by atoms with Crippen LogP contribution in [0.2, 0.25) is 0 Å². The predicted octanol–water partition coefficient (Wildman–Crippen LogP) is 1.60. The first-order valence-electron chi connectivity index (χ1n) is 4.64. The van der Waals surface area contributed by atoms with Crippen molar-refractivity contribution in [2.75, 3.05) is 6.61 Å². The van der Waals surface area contributed by atoms with Gasteiger partial charge in [0, 0.05) is 5.56 Å². The number of amides is 1. The Labute approximate surface area is 91.8 Å². The number of hydrogen-bond acceptors (Lipinski definition) is 3. The molecule has 0 atom stereocenters. The van der Waals surface area contributed by atoms with E-state index in [9.17, 15) is 14.0 Å². The molecule has 0 heterocycles. The van der Waals surface area contributed by atoms with E-state index in [1.807, 2.05) is 0 Å². The van der Waals surface area contributed by atoms with Crippen molar-refractivity contribution in [2.45, 2.75) is 6.92 Å². The SMILES string of the molecule is CCOC(=O)C=NC(=O)c1ccc(F)cc1. The zero-order valence-electron chi connectivity index (χ0n) is 8.64. The van der Waals surface area contributed by atoms with Gasteiger partial charge >= 0.3 is 5.97 Å². The molecule has 1 amide bonds. The molecular formula is C11H10FNO3. The van der Waals surface area contributed by atoms with Crippen LogP contribution in [0.4, 0.5) is 4.39 Å². The number of benzene rings is 1. The van der Waals surface area contributed by atoms with Crippen LogP contribution in [-0.4, -0.2) is 24.7 Å². The van der Waals surface area contributed by atoms with Crippen molar-refractivity contribution < 1.29 is 18.7 Å². The smallest absolute Gasteiger partial charge is 0.349 e. The van der Waals surface area contributed by atoms with E-state index in [4.69, 9.17) is 0 Å². The molecule has 0 radical (unpaired) electrons. The fourth-order valence-electron chi connectivity index (χ4n) is 0.958. The summed E-state index contributed by atoms with van der Waals surface area (Å²) in [5.74, 6) is -1.74. The standard InChI is InChI=1S/C11H10FNO3/c1-2-16-10(14)7-13-11(15)8-3-5-9(12)6-4-8/h3-7H,2H2,1H3. The molecule has 1 aromatic rings. The molecule has 0 aliphatic carbocycles. The van der Waals surface area contributed by atoms with Crippen LogP contribution in [0.5, 0.6) is 0 Å². The van der Waals surface area contributed by atoms with Crippen molar-refractivity contribution in [3.05, 3.63) is 35.6 Å². The summed E-state index contributed by atoms with van der Waals surface area (Å²) in [4.78, 5) is 25.6. The molecule has 1 rings (SSSR count). The van der Waals surface area contributed by atoms with Crippen molar-refractivity contribution in [2.24, 2.45) is 4.99 Å². The molecule has 0 aliphatic rings. The highest BCUT2D eigenvalue weighted by molar-refractivity contribution is 6.26. The van der Waals surface area contributed by atoms with Crippen molar-refractivity contribution in [1.82, 2.24) is 0 Å². The lowest BCUT2D eigenvalue weighted by Gasteiger charge is -1.95. The molecule has 0 N–H and O–H groups in total. The van der Waals surface area contributed by atoms with Gasteiger partial charge in [-0.2, -0.15) is 0 Å². The highest BCUT2D eigenvalue weighted by atomic mass is 19.1. The normalized spacial score (nSPS) is 10.4. The molecule has 0 saturated carbocycles. The number of hydrogen-bond donors (Lipinski definition) is 0. The first kappa shape index (κ1) is 12.0. The largest absolute Gasteiger partial charge is 0.462 e. The average Bonchev–Trinajstić information content (AvgIpc) is 2.27. The molecule has 84 valence electrons. The zero-order valence-corrected chi connectivity index (χ0v) is 8.64. The lowest BCUT2D eigenvalue weighted by molar-refractivity contribution is -0.134. The minimum absolute atomic E-state index is 0.210. The van der Waals surface area contributed by atoms with E-state index in [1.54, 1.807) is 6.92 Å². The minimum Gasteiger partial charge on any atom is -0.462 e. The van der Waals surface area contributed by atoms with Crippen LogP contribution in [0.1, 0.15) is 17.3 Å². The first-order chi connectivity index (χ1) is 7.63. The summed E-state index contributed by atoms with van der Waals surface area (Å²) < 4.78 is 17.1. The summed E-state index contributed by atoms with van der Waals surface area (Å²) in [6, 6.07) is 4.88. The van der Waals surface area contributed by atoms with Gasteiger partial charge in [0.2, 0.25) is 0 Å². The minimum atomic E-state index is -0.682. The van der Waals surface area contributed by atoms with E-state index in [-0.39, 0.29) is 12.2 Å². The van der Waals surface area contributed by atoms with Crippen LogP contribution in [0.3, 0.4) is 0 Å². The molecular weight excluding hydrogens is 213 g/mol. The van der Waals surface area contributed by atoms with Crippen LogP contribution in [0.15, 0.2) is 29.3 Å². The number of carbonyl (C=O) groups excluding carboxylic acids is 2. The van der Waals surface area contributed by atoms with Gasteiger partial charge in [-0.05, 0) is 31.2 Å². The summed E-state index contributed by atoms with van der Waals surface area (Å²) >= 11 is 0. The molecule has 0 aromatic heterocycles. The molecule has 0 spiro atoms. The van der Waals surface area contributed by atoms with Crippen molar-refractivity contribution in [3.8, 4) is 0 Å². The van der Waals surface area contributed by atoms with Gasteiger partial charge in [0.1, 0.15) is 12.0 Å². The number of aliphatic imine (C=N–C) groups is 1. The summed E-state index contributed by atoms with van der Waals surface area (Å²) in [7, 11) is 0. The topological polar surface area (TPSA) is 55.7 Å². The van der Waals surface area contributed by atoms with Crippen LogP contribution >= 0.6 is 0 Å². The van der Waals surface area contributed by atoms with Crippen molar-refractivity contribution in [3.63, 3.8) is 0 Å². The average molecular weight is 223 g/mol. The Bertz CT molecular complexity index is 412. The molecule has 0 aliphatic heterocycles. The third-order valence-corrected chi connectivity index (χ3v) is 1.66. The lowest BCUT2D eigenvalue weighted by Crippen LogP contribution is -2.07. The van der Waals surface area contributed by atoms with Gasteiger partial charge in [-0.25, -0.2) is 14.2 Å². The van der Waals surface area contributed by atoms with E-state index >= 15 is 0 Å². The van der Waals surface area contributed by atoms with E-state index < -0.39 is 17.7 Å². The van der Waals surface area contributed by atoms with Gasteiger partial charge in [0.05, 0.1) is 6.61 Å². The second kappa shape index (κ2) is 5.75. The van der Waals surface area contributed by atoms with Crippen LogP contribution in [0, 0.1) is 5.82 Å². The molecule has 5 heteroatoms. The number of ether oxygens (including phenoxy) is 1. The van der Waals surface area contributed by atoms with Crippen LogP contribution in [0.25, 0.3) is 0 Å². The van der Waals surface area contributed by atoms with Gasteiger partial charge in [-0.15, -0.1) is 0 Å². The molecule has 0 saturated heterocycles. The second-order valence-electron chi connectivity index (χ2n) is 2.82. The first-order valence-corrected chi connectivity index (χ1v) is 4.64. The van der Waals surface area contributed by atoms with Crippen LogP contribution < -0.4 is 0 Å². The van der Waals surface area contributed by atoms with Gasteiger partial charge in [0.15, 0.2) is 0 Å². The number of esters is 1. The molecule has 4 nitrogen and oxygen atoms in total. The zero-order chi connectivity index (χ0) is 12.0. The Kier molecular flexibility index (Phi) is 4.32. The molecule has 16 heavy (non-hydrogen) atoms. The number of nitrogens with zero attached hydrogens (tertiary/aromatic N) is 1. The third-order valence-electron chi connectivity index (χ3n) is 1.66. The van der Waals surface area contributed by atoms with Crippen molar-refractivity contribution >= 4 is 18.1 Å². The van der Waals surface area contributed by atoms with E-state index in [2.05, 4.69) is 9.73 Å². The second-order valence-corrected chi connectivity index (χ2v) is 2.82. The Hall–Kier alpha value is -2.04. The highest BCUT2D eigenvalue weighted by Crippen LogP contribution is 2.03. The van der Waals surface area contributed by atoms with Gasteiger partial charge < -0.3 is 4.74 Å². The summed E-state index contributed by atoms with van der Waals surface area (Å²) in [6.07, 6.45) is 0.801. The van der Waals surface area contributed by atoms with E-state index in [0.717, 1.165) is 18.3 Å². The van der Waals surface area contributed by atoms with E-state index in [0.29, 0.717) is 0 Å². The highest BCUT2D eigenvalue weighted by Gasteiger charge is 2.04. The Morgan fingerprint density at radius 1 is 1.38 bits per heavy atom.